The Bertz CT molecular complexity index is 351. The van der Waals surface area contributed by atoms with Crippen LogP contribution in [0.25, 0.3) is 10.4 Å². The molecule has 1 aliphatic carbocycles. The molecule has 2 atom stereocenters. The highest BCUT2D eigenvalue weighted by Gasteiger charge is 2.35. The molecule has 2 unspecified atom stereocenters. The first kappa shape index (κ1) is 14.0. The number of carbonyl (C=O) groups is 1. The summed E-state index contributed by atoms with van der Waals surface area (Å²) in [5, 5.41) is 6.41. The minimum atomic E-state index is 0.0672. The van der Waals surface area contributed by atoms with Gasteiger partial charge in [-0.25, -0.2) is 4.79 Å². The molecule has 0 bridgehead atoms. The first-order valence-corrected chi connectivity index (χ1v) is 7.38. The number of carbonyl (C=O) groups excluding carboxylic acids is 1. The maximum absolute atomic E-state index is 12.2. The minimum absolute atomic E-state index is 0.0672. The van der Waals surface area contributed by atoms with Gasteiger partial charge in [-0.2, -0.15) is 0 Å². The van der Waals surface area contributed by atoms with Gasteiger partial charge in [0, 0.05) is 30.6 Å². The van der Waals surface area contributed by atoms with Gasteiger partial charge in [-0.1, -0.05) is 18.0 Å². The van der Waals surface area contributed by atoms with E-state index in [0.717, 1.165) is 25.3 Å². The summed E-state index contributed by atoms with van der Waals surface area (Å²) in [6, 6.07) is 0.525. The van der Waals surface area contributed by atoms with Crippen LogP contribution >= 0.6 is 0 Å². The van der Waals surface area contributed by atoms with Crippen LogP contribution in [0.4, 0.5) is 4.79 Å². The van der Waals surface area contributed by atoms with Gasteiger partial charge in [0.2, 0.25) is 0 Å². The number of piperidine rings is 1. The van der Waals surface area contributed by atoms with Crippen LogP contribution in [0.1, 0.15) is 44.9 Å². The van der Waals surface area contributed by atoms with E-state index in [1.807, 2.05) is 4.90 Å². The topological polar surface area (TPSA) is 81.1 Å². The first-order valence-electron chi connectivity index (χ1n) is 7.38. The predicted octanol–water partition coefficient (Wildman–Crippen LogP) is 3.05. The largest absolute Gasteiger partial charge is 0.338 e. The van der Waals surface area contributed by atoms with Crippen molar-refractivity contribution in [1.29, 1.82) is 0 Å². The SMILES string of the molecule is [N-]=[N+]=NCCCNC(=O)N1CCCC2CCCCC21. The molecule has 1 saturated heterocycles. The zero-order valence-corrected chi connectivity index (χ0v) is 11.4. The van der Waals surface area contributed by atoms with E-state index in [1.165, 1.54) is 25.7 Å². The second kappa shape index (κ2) is 7.24. The van der Waals surface area contributed by atoms with Crippen molar-refractivity contribution in [3.05, 3.63) is 10.4 Å². The number of hydrogen-bond donors (Lipinski definition) is 1. The fourth-order valence-electron chi connectivity index (χ4n) is 3.37. The lowest BCUT2D eigenvalue weighted by Crippen LogP contribution is -2.53. The fourth-order valence-corrected chi connectivity index (χ4v) is 3.37. The van der Waals surface area contributed by atoms with E-state index >= 15 is 0 Å². The van der Waals surface area contributed by atoms with Crippen LogP contribution in [-0.4, -0.2) is 36.6 Å². The lowest BCUT2D eigenvalue weighted by Gasteiger charge is -2.44. The summed E-state index contributed by atoms with van der Waals surface area (Å²) < 4.78 is 0. The van der Waals surface area contributed by atoms with Crippen molar-refractivity contribution in [2.45, 2.75) is 51.0 Å². The Balaban J connectivity index is 1.78. The van der Waals surface area contributed by atoms with Gasteiger partial charge in [-0.3, -0.25) is 0 Å². The second-order valence-electron chi connectivity index (χ2n) is 5.49. The van der Waals surface area contributed by atoms with Crippen molar-refractivity contribution in [2.24, 2.45) is 11.0 Å². The molecule has 106 valence electrons. The average Bonchev–Trinajstić information content (AvgIpc) is 2.46. The average molecular weight is 265 g/mol. The third-order valence-electron chi connectivity index (χ3n) is 4.28. The van der Waals surface area contributed by atoms with E-state index in [1.54, 1.807) is 0 Å². The molecule has 2 aliphatic rings. The van der Waals surface area contributed by atoms with Gasteiger partial charge in [0.25, 0.3) is 0 Å². The van der Waals surface area contributed by atoms with Crippen molar-refractivity contribution < 1.29 is 4.79 Å². The number of rotatable bonds is 4. The summed E-state index contributed by atoms with van der Waals surface area (Å²) in [6.45, 7) is 1.93. The van der Waals surface area contributed by atoms with E-state index in [4.69, 9.17) is 5.53 Å². The smallest absolute Gasteiger partial charge is 0.317 e. The molecule has 0 aromatic rings. The Hall–Kier alpha value is -1.42. The number of likely N-dealkylation sites (tertiary alicyclic amines) is 1. The Morgan fingerprint density at radius 3 is 2.95 bits per heavy atom. The molecule has 1 aliphatic heterocycles. The molecule has 0 aromatic carbocycles. The normalized spacial score (nSPS) is 26.2. The molecule has 19 heavy (non-hydrogen) atoms. The third kappa shape index (κ3) is 3.77. The van der Waals surface area contributed by atoms with E-state index in [9.17, 15) is 4.79 Å². The maximum atomic E-state index is 12.2. The number of azide groups is 1. The third-order valence-corrected chi connectivity index (χ3v) is 4.28. The molecule has 0 spiro atoms. The van der Waals surface area contributed by atoms with Crippen molar-refractivity contribution in [3.8, 4) is 0 Å². The lowest BCUT2D eigenvalue weighted by molar-refractivity contribution is 0.0843. The lowest BCUT2D eigenvalue weighted by atomic mass is 9.78. The van der Waals surface area contributed by atoms with Gasteiger partial charge in [0.05, 0.1) is 0 Å². The molecule has 1 heterocycles. The fraction of sp³-hybridized carbons (Fsp3) is 0.923. The molecule has 2 fully saturated rings. The van der Waals surface area contributed by atoms with E-state index in [2.05, 4.69) is 15.3 Å². The Labute approximate surface area is 114 Å². The monoisotopic (exact) mass is 265 g/mol. The standard InChI is InChI=1S/C13H23N5O/c14-17-16-9-4-8-15-13(19)18-10-3-6-11-5-1-2-7-12(11)18/h11-12H,1-10H2,(H,15,19). The Morgan fingerprint density at radius 2 is 2.11 bits per heavy atom. The van der Waals surface area contributed by atoms with Gasteiger partial charge >= 0.3 is 6.03 Å². The van der Waals surface area contributed by atoms with Crippen LogP contribution in [0.2, 0.25) is 0 Å². The van der Waals surface area contributed by atoms with Crippen LogP contribution in [0.15, 0.2) is 5.11 Å². The van der Waals surface area contributed by atoms with E-state index < -0.39 is 0 Å². The molecule has 1 N–H and O–H groups in total. The van der Waals surface area contributed by atoms with Gasteiger partial charge in [0.1, 0.15) is 0 Å². The van der Waals surface area contributed by atoms with Crippen LogP contribution in [-0.2, 0) is 0 Å². The van der Waals surface area contributed by atoms with Gasteiger partial charge in [0.15, 0.2) is 0 Å². The predicted molar refractivity (Wildman–Crippen MR) is 73.7 cm³/mol. The highest BCUT2D eigenvalue weighted by atomic mass is 16.2. The van der Waals surface area contributed by atoms with Crippen molar-refractivity contribution in [1.82, 2.24) is 10.2 Å². The molecular weight excluding hydrogens is 242 g/mol. The van der Waals surface area contributed by atoms with E-state index in [0.29, 0.717) is 25.6 Å². The number of hydrogen-bond acceptors (Lipinski definition) is 2. The van der Waals surface area contributed by atoms with Crippen molar-refractivity contribution >= 4 is 6.03 Å². The summed E-state index contributed by atoms with van der Waals surface area (Å²) in [4.78, 5) is 16.9. The molecular formula is C13H23N5O. The quantitative estimate of drug-likeness (QED) is 0.360. The zero-order valence-electron chi connectivity index (χ0n) is 11.4. The Kier molecular flexibility index (Phi) is 5.33. The van der Waals surface area contributed by atoms with Crippen LogP contribution in [0.5, 0.6) is 0 Å². The molecule has 6 nitrogen and oxygen atoms in total. The summed E-state index contributed by atoms with van der Waals surface area (Å²) >= 11 is 0. The van der Waals surface area contributed by atoms with Crippen LogP contribution < -0.4 is 5.32 Å². The highest BCUT2D eigenvalue weighted by molar-refractivity contribution is 5.74. The molecule has 6 heteroatoms. The summed E-state index contributed by atoms with van der Waals surface area (Å²) in [7, 11) is 0. The van der Waals surface area contributed by atoms with Crippen LogP contribution in [0.3, 0.4) is 0 Å². The van der Waals surface area contributed by atoms with Crippen LogP contribution in [0, 0.1) is 5.92 Å². The number of amides is 2. The zero-order chi connectivity index (χ0) is 13.5. The number of fused-ring (bicyclic) bond motifs is 1. The molecule has 1 saturated carbocycles. The van der Waals surface area contributed by atoms with Gasteiger partial charge in [-0.15, -0.1) is 0 Å². The summed E-state index contributed by atoms with van der Waals surface area (Å²) in [5.74, 6) is 0.719. The van der Waals surface area contributed by atoms with Crippen molar-refractivity contribution in [3.63, 3.8) is 0 Å². The number of nitrogens with zero attached hydrogens (tertiary/aromatic N) is 4. The van der Waals surface area contributed by atoms with Crippen molar-refractivity contribution in [2.75, 3.05) is 19.6 Å². The number of nitrogens with one attached hydrogen (secondary N) is 1. The summed E-state index contributed by atoms with van der Waals surface area (Å²) in [6.07, 6.45) is 8.14. The Morgan fingerprint density at radius 1 is 1.32 bits per heavy atom. The molecule has 0 aromatic heterocycles. The molecule has 2 amide bonds. The maximum Gasteiger partial charge on any atom is 0.317 e. The minimum Gasteiger partial charge on any atom is -0.338 e. The van der Waals surface area contributed by atoms with E-state index in [-0.39, 0.29) is 6.03 Å². The molecule has 2 rings (SSSR count). The molecule has 0 radical (unpaired) electrons. The second-order valence-corrected chi connectivity index (χ2v) is 5.49. The number of urea groups is 1. The van der Waals surface area contributed by atoms with Gasteiger partial charge < -0.3 is 10.2 Å². The van der Waals surface area contributed by atoms with Gasteiger partial charge in [-0.05, 0) is 43.6 Å². The highest BCUT2D eigenvalue weighted by Crippen LogP contribution is 2.35. The summed E-state index contributed by atoms with van der Waals surface area (Å²) in [5.41, 5.74) is 8.17. The first-order chi connectivity index (χ1) is 9.33.